The van der Waals surface area contributed by atoms with Gasteiger partial charge in [0, 0.05) is 19.3 Å². The molecular weight excluding hydrogens is 973 g/mol. The molecule has 6 nitrogen and oxygen atoms in total. The summed E-state index contributed by atoms with van der Waals surface area (Å²) in [6.45, 7) is 6.70. The number of carbonyl (C=O) groups excluding carboxylic acids is 3. The van der Waals surface area contributed by atoms with Gasteiger partial charge in [0.1, 0.15) is 13.2 Å². The summed E-state index contributed by atoms with van der Waals surface area (Å²) in [5.41, 5.74) is 0. The van der Waals surface area contributed by atoms with Gasteiger partial charge in [-0.25, -0.2) is 0 Å². The van der Waals surface area contributed by atoms with Crippen molar-refractivity contribution < 1.29 is 28.6 Å². The van der Waals surface area contributed by atoms with Crippen molar-refractivity contribution in [3.8, 4) is 0 Å². The molecule has 0 aromatic rings. The van der Waals surface area contributed by atoms with E-state index in [4.69, 9.17) is 14.2 Å². The average molecular weight is 1110 g/mol. The minimum absolute atomic E-state index is 0.0645. The Morgan fingerprint density at radius 3 is 0.633 bits per heavy atom. The number of ether oxygens (including phenoxy) is 3. The molecule has 0 saturated heterocycles. The highest BCUT2D eigenvalue weighted by atomic mass is 16.6. The lowest BCUT2D eigenvalue weighted by Crippen LogP contribution is -2.30. The van der Waals surface area contributed by atoms with Crippen molar-refractivity contribution in [3.05, 3.63) is 12.2 Å². The number of rotatable bonds is 68. The molecule has 0 radical (unpaired) electrons. The molecule has 0 aromatic carbocycles. The highest BCUT2D eigenvalue weighted by Gasteiger charge is 2.19. The molecular formula is C73H140O6. The van der Waals surface area contributed by atoms with Crippen LogP contribution in [0, 0.1) is 0 Å². The molecule has 468 valence electrons. The van der Waals surface area contributed by atoms with Crippen LogP contribution in [0.2, 0.25) is 0 Å². The van der Waals surface area contributed by atoms with Gasteiger partial charge in [0.05, 0.1) is 0 Å². The third kappa shape index (κ3) is 66.8. The van der Waals surface area contributed by atoms with Gasteiger partial charge in [0.25, 0.3) is 0 Å². The van der Waals surface area contributed by atoms with Gasteiger partial charge in [-0.15, -0.1) is 0 Å². The molecule has 0 rings (SSSR count). The summed E-state index contributed by atoms with van der Waals surface area (Å²) in [5.74, 6) is -0.838. The first-order valence-corrected chi connectivity index (χ1v) is 36.2. The summed E-state index contributed by atoms with van der Waals surface area (Å²) < 4.78 is 16.9. The first kappa shape index (κ1) is 77.2. The second-order valence-corrected chi connectivity index (χ2v) is 24.9. The molecule has 0 aliphatic heterocycles. The fourth-order valence-corrected chi connectivity index (χ4v) is 11.3. The van der Waals surface area contributed by atoms with E-state index < -0.39 is 6.10 Å². The van der Waals surface area contributed by atoms with Crippen molar-refractivity contribution in [1.82, 2.24) is 0 Å². The van der Waals surface area contributed by atoms with E-state index in [1.54, 1.807) is 0 Å². The molecule has 1 atom stereocenters. The van der Waals surface area contributed by atoms with Crippen molar-refractivity contribution in [2.45, 2.75) is 425 Å². The Morgan fingerprint density at radius 1 is 0.241 bits per heavy atom. The van der Waals surface area contributed by atoms with E-state index in [0.29, 0.717) is 19.3 Å². The van der Waals surface area contributed by atoms with Crippen LogP contribution in [0.5, 0.6) is 0 Å². The van der Waals surface area contributed by atoms with Crippen molar-refractivity contribution >= 4 is 17.9 Å². The maximum atomic E-state index is 12.9. The molecule has 0 bridgehead atoms. The zero-order chi connectivity index (χ0) is 57.1. The normalized spacial score (nSPS) is 12.0. The van der Waals surface area contributed by atoms with Gasteiger partial charge < -0.3 is 14.2 Å². The van der Waals surface area contributed by atoms with Crippen LogP contribution in [0.1, 0.15) is 419 Å². The van der Waals surface area contributed by atoms with E-state index in [0.717, 1.165) is 57.8 Å². The number of hydrogen-bond donors (Lipinski definition) is 0. The summed E-state index contributed by atoms with van der Waals surface area (Å²) >= 11 is 0. The first-order chi connectivity index (χ1) is 39.0. The van der Waals surface area contributed by atoms with E-state index in [2.05, 4.69) is 32.9 Å². The van der Waals surface area contributed by atoms with Crippen LogP contribution in [-0.2, 0) is 28.6 Å². The Labute approximate surface area is 494 Å². The number of carbonyl (C=O) groups is 3. The second kappa shape index (κ2) is 68.6. The van der Waals surface area contributed by atoms with Gasteiger partial charge in [-0.3, -0.25) is 14.4 Å². The lowest BCUT2D eigenvalue weighted by atomic mass is 10.0. The third-order valence-electron chi connectivity index (χ3n) is 16.8. The van der Waals surface area contributed by atoms with E-state index in [1.165, 1.54) is 321 Å². The molecule has 1 unspecified atom stereocenters. The zero-order valence-electron chi connectivity index (χ0n) is 53.9. The summed E-state index contributed by atoms with van der Waals surface area (Å²) in [7, 11) is 0. The molecule has 0 spiro atoms. The maximum Gasteiger partial charge on any atom is 0.306 e. The van der Waals surface area contributed by atoms with Crippen molar-refractivity contribution in [3.63, 3.8) is 0 Å². The van der Waals surface area contributed by atoms with Crippen molar-refractivity contribution in [2.75, 3.05) is 13.2 Å². The number of allylic oxidation sites excluding steroid dienone is 2. The Bertz CT molecular complexity index is 1230. The van der Waals surface area contributed by atoms with Crippen LogP contribution in [-0.4, -0.2) is 37.2 Å². The average Bonchev–Trinajstić information content (AvgIpc) is 3.45. The molecule has 0 saturated carbocycles. The van der Waals surface area contributed by atoms with Gasteiger partial charge in [0.15, 0.2) is 6.10 Å². The fraction of sp³-hybridized carbons (Fsp3) is 0.932. The molecule has 6 heteroatoms. The van der Waals surface area contributed by atoms with Gasteiger partial charge in [-0.2, -0.15) is 0 Å². The Hall–Kier alpha value is -1.85. The van der Waals surface area contributed by atoms with Crippen LogP contribution in [0.3, 0.4) is 0 Å². The Balaban J connectivity index is 3.99. The smallest absolute Gasteiger partial charge is 0.306 e. The van der Waals surface area contributed by atoms with E-state index in [1.807, 2.05) is 0 Å². The van der Waals surface area contributed by atoms with Crippen LogP contribution in [0.25, 0.3) is 0 Å². The number of unbranched alkanes of at least 4 members (excludes halogenated alkanes) is 55. The highest BCUT2D eigenvalue weighted by Crippen LogP contribution is 2.19. The fourth-order valence-electron chi connectivity index (χ4n) is 11.3. The van der Waals surface area contributed by atoms with Crippen LogP contribution < -0.4 is 0 Å². The third-order valence-corrected chi connectivity index (χ3v) is 16.8. The predicted molar refractivity (Wildman–Crippen MR) is 344 cm³/mol. The van der Waals surface area contributed by atoms with Gasteiger partial charge >= 0.3 is 17.9 Å². The first-order valence-electron chi connectivity index (χ1n) is 36.2. The number of hydrogen-bond acceptors (Lipinski definition) is 6. The summed E-state index contributed by atoms with van der Waals surface area (Å²) in [4.78, 5) is 38.3. The predicted octanol–water partition coefficient (Wildman–Crippen LogP) is 24.8. The molecule has 79 heavy (non-hydrogen) atoms. The number of esters is 3. The monoisotopic (exact) mass is 1110 g/mol. The van der Waals surface area contributed by atoms with Crippen LogP contribution in [0.15, 0.2) is 12.2 Å². The van der Waals surface area contributed by atoms with E-state index in [-0.39, 0.29) is 31.1 Å². The minimum atomic E-state index is -0.766. The molecule has 0 heterocycles. The summed E-state index contributed by atoms with van der Waals surface area (Å²) in [6.07, 6.45) is 82.8. The topological polar surface area (TPSA) is 78.9 Å². The van der Waals surface area contributed by atoms with Crippen molar-refractivity contribution in [1.29, 1.82) is 0 Å². The van der Waals surface area contributed by atoms with Gasteiger partial charge in [-0.1, -0.05) is 367 Å². The largest absolute Gasteiger partial charge is 0.462 e. The summed E-state index contributed by atoms with van der Waals surface area (Å²) in [5, 5.41) is 0. The van der Waals surface area contributed by atoms with Gasteiger partial charge in [-0.05, 0) is 44.9 Å². The Kier molecular flexibility index (Phi) is 67.0. The molecule has 0 aliphatic carbocycles. The standard InChI is InChI=1S/C73H140O6/c1-4-7-10-13-16-19-21-23-25-27-29-30-31-32-33-34-35-36-37-38-39-40-41-42-44-45-47-49-51-54-57-60-63-66-72(75)78-69-70(68-77-71(74)65-62-59-56-53-18-15-12-9-6-3)79-73(76)67-64-61-58-55-52-50-48-46-43-28-26-24-22-20-17-14-11-8-5-2/h24,26,70H,4-23,25,27-69H2,1-3H3/b26-24-. The second-order valence-electron chi connectivity index (χ2n) is 24.9. The summed E-state index contributed by atoms with van der Waals surface area (Å²) in [6, 6.07) is 0. The molecule has 0 aromatic heterocycles. The van der Waals surface area contributed by atoms with Gasteiger partial charge in [0.2, 0.25) is 0 Å². The van der Waals surface area contributed by atoms with Crippen LogP contribution in [0.4, 0.5) is 0 Å². The quantitative estimate of drug-likeness (QED) is 0.0261. The molecule has 0 fully saturated rings. The molecule has 0 aliphatic rings. The molecule has 0 amide bonds. The Morgan fingerprint density at radius 2 is 0.418 bits per heavy atom. The maximum absolute atomic E-state index is 12.9. The highest BCUT2D eigenvalue weighted by molar-refractivity contribution is 5.71. The minimum Gasteiger partial charge on any atom is -0.462 e. The van der Waals surface area contributed by atoms with Crippen molar-refractivity contribution in [2.24, 2.45) is 0 Å². The SMILES string of the molecule is CCCCCCCC/C=C\CCCCCCCCCCCC(=O)OC(COC(=O)CCCCCCCCCCC)COC(=O)CCCCCCCCCCCCCCCCCCCCCCCCCCCCCCCCCCC. The zero-order valence-corrected chi connectivity index (χ0v) is 53.9. The van der Waals surface area contributed by atoms with E-state index >= 15 is 0 Å². The molecule has 0 N–H and O–H groups in total. The van der Waals surface area contributed by atoms with Crippen LogP contribution >= 0.6 is 0 Å². The lowest BCUT2D eigenvalue weighted by molar-refractivity contribution is -0.167. The van der Waals surface area contributed by atoms with E-state index in [9.17, 15) is 14.4 Å². The lowest BCUT2D eigenvalue weighted by Gasteiger charge is -2.18.